The molecule has 0 aliphatic carbocycles. The Morgan fingerprint density at radius 2 is 1.66 bits per heavy atom. The normalized spacial score (nSPS) is 11.6. The molecule has 0 radical (unpaired) electrons. The summed E-state index contributed by atoms with van der Waals surface area (Å²) in [6.45, 7) is 0.869. The van der Waals surface area contributed by atoms with Crippen LogP contribution in [0.3, 0.4) is 0 Å². The van der Waals surface area contributed by atoms with Gasteiger partial charge in [-0.15, -0.1) is 11.3 Å². The molecule has 4 aromatic rings. The lowest BCUT2D eigenvalue weighted by atomic mass is 10.1. The third-order valence-corrected chi connectivity index (χ3v) is 6.09. The van der Waals surface area contributed by atoms with Crippen LogP contribution in [0, 0.1) is 0 Å². The Bertz CT molecular complexity index is 1130. The van der Waals surface area contributed by atoms with Crippen molar-refractivity contribution in [1.82, 2.24) is 4.57 Å². The second-order valence-corrected chi connectivity index (χ2v) is 8.36. The molecule has 1 heterocycles. The highest BCUT2D eigenvalue weighted by molar-refractivity contribution is 9.10. The number of benzene rings is 3. The van der Waals surface area contributed by atoms with Gasteiger partial charge in [0.25, 0.3) is 0 Å². The molecule has 3 nitrogen and oxygen atoms in total. The van der Waals surface area contributed by atoms with Gasteiger partial charge in [-0.25, -0.2) is 4.99 Å². The van der Waals surface area contributed by atoms with Crippen LogP contribution in [-0.2, 0) is 13.0 Å². The molecule has 0 bridgehead atoms. The molecule has 0 fully saturated rings. The average molecular weight is 465 g/mol. The fourth-order valence-electron chi connectivity index (χ4n) is 3.14. The molecule has 29 heavy (non-hydrogen) atoms. The molecule has 4 rings (SSSR count). The van der Waals surface area contributed by atoms with Gasteiger partial charge < -0.3 is 9.30 Å². The molecule has 0 N–H and O–H groups in total. The molecule has 0 amide bonds. The van der Waals surface area contributed by atoms with Gasteiger partial charge in [0.15, 0.2) is 4.80 Å². The second kappa shape index (κ2) is 9.25. The van der Waals surface area contributed by atoms with Crippen molar-refractivity contribution in [3.63, 3.8) is 0 Å². The molecule has 0 spiro atoms. The van der Waals surface area contributed by atoms with Gasteiger partial charge in [-0.2, -0.15) is 0 Å². The summed E-state index contributed by atoms with van der Waals surface area (Å²) in [6, 6.07) is 26.9. The molecule has 3 aromatic carbocycles. The van der Waals surface area contributed by atoms with E-state index in [-0.39, 0.29) is 0 Å². The molecular weight excluding hydrogens is 444 g/mol. The van der Waals surface area contributed by atoms with Crippen LogP contribution in [0.4, 0.5) is 5.69 Å². The van der Waals surface area contributed by atoms with Crippen molar-refractivity contribution in [1.29, 1.82) is 0 Å². The van der Waals surface area contributed by atoms with E-state index in [9.17, 15) is 0 Å². The Morgan fingerprint density at radius 1 is 0.931 bits per heavy atom. The minimum Gasteiger partial charge on any atom is -0.497 e. The highest BCUT2D eigenvalue weighted by atomic mass is 79.9. The van der Waals surface area contributed by atoms with Gasteiger partial charge in [0.05, 0.1) is 18.5 Å². The summed E-state index contributed by atoms with van der Waals surface area (Å²) in [5.41, 5.74) is 4.62. The number of hydrogen-bond donors (Lipinski definition) is 0. The first-order chi connectivity index (χ1) is 14.2. The lowest BCUT2D eigenvalue weighted by Gasteiger charge is -2.10. The van der Waals surface area contributed by atoms with Gasteiger partial charge in [0.2, 0.25) is 0 Å². The quantitative estimate of drug-likeness (QED) is 0.321. The Morgan fingerprint density at radius 3 is 2.34 bits per heavy atom. The van der Waals surface area contributed by atoms with E-state index in [1.165, 1.54) is 16.8 Å². The number of aromatic nitrogens is 1. The largest absolute Gasteiger partial charge is 0.497 e. The van der Waals surface area contributed by atoms with Crippen molar-refractivity contribution in [2.45, 2.75) is 13.0 Å². The molecule has 146 valence electrons. The van der Waals surface area contributed by atoms with E-state index in [0.29, 0.717) is 0 Å². The standard InChI is InChI=1S/C24H21BrN2OS/c1-28-22-13-11-21(12-14-22)26-24-27(16-15-18-5-3-2-4-6-18)23(17-29-24)19-7-9-20(25)10-8-19/h2-14,17H,15-16H2,1H3. The van der Waals surface area contributed by atoms with Crippen LogP contribution in [0.15, 0.2) is 93.7 Å². The molecule has 0 atom stereocenters. The maximum absolute atomic E-state index is 5.25. The molecule has 0 saturated carbocycles. The number of ether oxygens (including phenoxy) is 1. The summed E-state index contributed by atoms with van der Waals surface area (Å²) in [6.07, 6.45) is 0.955. The lowest BCUT2D eigenvalue weighted by molar-refractivity contribution is 0.415. The summed E-state index contributed by atoms with van der Waals surface area (Å²) in [4.78, 5) is 5.90. The molecule has 5 heteroatoms. The second-order valence-electron chi connectivity index (χ2n) is 6.61. The number of hydrogen-bond acceptors (Lipinski definition) is 3. The third-order valence-electron chi connectivity index (χ3n) is 4.70. The van der Waals surface area contributed by atoms with Crippen LogP contribution < -0.4 is 9.54 Å². The number of halogens is 1. The first kappa shape index (κ1) is 19.7. The first-order valence-electron chi connectivity index (χ1n) is 9.40. The molecular formula is C24H21BrN2OS. The topological polar surface area (TPSA) is 26.5 Å². The van der Waals surface area contributed by atoms with Crippen molar-refractivity contribution >= 4 is 33.0 Å². The summed E-state index contributed by atoms with van der Waals surface area (Å²) in [7, 11) is 1.67. The predicted molar refractivity (Wildman–Crippen MR) is 124 cm³/mol. The van der Waals surface area contributed by atoms with E-state index < -0.39 is 0 Å². The van der Waals surface area contributed by atoms with E-state index in [1.807, 2.05) is 24.3 Å². The predicted octanol–water partition coefficient (Wildman–Crippen LogP) is 6.46. The van der Waals surface area contributed by atoms with Crippen LogP contribution in [0.2, 0.25) is 0 Å². The van der Waals surface area contributed by atoms with E-state index >= 15 is 0 Å². The number of thiazole rings is 1. The Hall–Kier alpha value is -2.63. The molecule has 0 unspecified atom stereocenters. The van der Waals surface area contributed by atoms with Crippen LogP contribution in [0.5, 0.6) is 5.75 Å². The highest BCUT2D eigenvalue weighted by Crippen LogP contribution is 2.24. The Labute approximate surface area is 183 Å². The van der Waals surface area contributed by atoms with Crippen molar-refractivity contribution in [2.24, 2.45) is 4.99 Å². The van der Waals surface area contributed by atoms with Gasteiger partial charge in [0, 0.05) is 16.4 Å². The minimum atomic E-state index is 0.836. The number of methoxy groups -OCH3 is 1. The Balaban J connectivity index is 1.73. The Kier molecular flexibility index (Phi) is 6.27. The van der Waals surface area contributed by atoms with E-state index in [2.05, 4.69) is 80.5 Å². The maximum Gasteiger partial charge on any atom is 0.190 e. The van der Waals surface area contributed by atoms with Gasteiger partial charge in [-0.05, 0) is 53.9 Å². The summed E-state index contributed by atoms with van der Waals surface area (Å²) >= 11 is 5.19. The highest BCUT2D eigenvalue weighted by Gasteiger charge is 2.09. The average Bonchev–Trinajstić information content (AvgIpc) is 3.16. The minimum absolute atomic E-state index is 0.836. The number of nitrogens with zero attached hydrogens (tertiary/aromatic N) is 2. The monoisotopic (exact) mass is 464 g/mol. The van der Waals surface area contributed by atoms with Crippen molar-refractivity contribution in [3.8, 4) is 17.0 Å². The van der Waals surface area contributed by atoms with Gasteiger partial charge >= 0.3 is 0 Å². The lowest BCUT2D eigenvalue weighted by Crippen LogP contribution is -2.17. The van der Waals surface area contributed by atoms with Gasteiger partial charge in [-0.3, -0.25) is 0 Å². The third kappa shape index (κ3) is 4.86. The van der Waals surface area contributed by atoms with Crippen LogP contribution in [0.1, 0.15) is 5.56 Å². The SMILES string of the molecule is COc1ccc(N=c2scc(-c3ccc(Br)cc3)n2CCc2ccccc2)cc1. The zero-order chi connectivity index (χ0) is 20.1. The fourth-order valence-corrected chi connectivity index (χ4v) is 4.36. The fraction of sp³-hybridized carbons (Fsp3) is 0.125. The number of rotatable bonds is 6. The van der Waals surface area contributed by atoms with E-state index in [4.69, 9.17) is 9.73 Å². The maximum atomic E-state index is 5.25. The van der Waals surface area contributed by atoms with E-state index in [1.54, 1.807) is 18.4 Å². The molecule has 1 aromatic heterocycles. The summed E-state index contributed by atoms with van der Waals surface area (Å²) in [5.74, 6) is 0.836. The van der Waals surface area contributed by atoms with Crippen LogP contribution >= 0.6 is 27.3 Å². The zero-order valence-corrected chi connectivity index (χ0v) is 18.5. The molecule has 0 aliphatic heterocycles. The van der Waals surface area contributed by atoms with Crippen LogP contribution in [-0.4, -0.2) is 11.7 Å². The van der Waals surface area contributed by atoms with Crippen molar-refractivity contribution in [2.75, 3.05) is 7.11 Å². The smallest absolute Gasteiger partial charge is 0.190 e. The van der Waals surface area contributed by atoms with Gasteiger partial charge in [0.1, 0.15) is 5.75 Å². The van der Waals surface area contributed by atoms with Crippen molar-refractivity contribution < 1.29 is 4.74 Å². The summed E-state index contributed by atoms with van der Waals surface area (Å²) in [5, 5.41) is 2.19. The molecule has 0 saturated heterocycles. The number of aryl methyl sites for hydroxylation is 1. The summed E-state index contributed by atoms with van der Waals surface area (Å²) < 4.78 is 8.64. The van der Waals surface area contributed by atoms with E-state index in [0.717, 1.165) is 33.7 Å². The molecule has 0 aliphatic rings. The van der Waals surface area contributed by atoms with Gasteiger partial charge in [-0.1, -0.05) is 58.4 Å². The first-order valence-corrected chi connectivity index (χ1v) is 11.1. The van der Waals surface area contributed by atoms with Crippen molar-refractivity contribution in [3.05, 3.63) is 99.1 Å². The zero-order valence-electron chi connectivity index (χ0n) is 16.1. The van der Waals surface area contributed by atoms with Crippen LogP contribution in [0.25, 0.3) is 11.3 Å².